The standard InChI is InChI=1S/C13H15F4N/c14-10-3-4-11-9(8-10)2-5-12(11)18-7-1-6-13(15,16)17/h3-4,8,12,18H,1-2,5-7H2. The fourth-order valence-electron chi connectivity index (χ4n) is 2.36. The Labute approximate surface area is 103 Å². The van der Waals surface area contributed by atoms with Gasteiger partial charge >= 0.3 is 6.18 Å². The third kappa shape index (κ3) is 3.45. The largest absolute Gasteiger partial charge is 0.389 e. The number of benzene rings is 1. The van der Waals surface area contributed by atoms with Gasteiger partial charge in [-0.1, -0.05) is 6.07 Å². The molecule has 1 N–H and O–H groups in total. The lowest BCUT2D eigenvalue weighted by Gasteiger charge is -2.14. The Bertz CT molecular complexity index is 414. The van der Waals surface area contributed by atoms with Crippen molar-refractivity contribution >= 4 is 0 Å². The summed E-state index contributed by atoms with van der Waals surface area (Å²) in [5.41, 5.74) is 1.98. The first-order valence-electron chi connectivity index (χ1n) is 6.04. The van der Waals surface area contributed by atoms with Crippen LogP contribution in [0.2, 0.25) is 0 Å². The zero-order valence-corrected chi connectivity index (χ0v) is 9.86. The number of halogens is 4. The summed E-state index contributed by atoms with van der Waals surface area (Å²) in [4.78, 5) is 0. The molecule has 0 amide bonds. The molecule has 1 aromatic carbocycles. The molecule has 1 aliphatic rings. The van der Waals surface area contributed by atoms with Gasteiger partial charge in [-0.3, -0.25) is 0 Å². The Balaban J connectivity index is 1.83. The van der Waals surface area contributed by atoms with E-state index in [0.29, 0.717) is 6.54 Å². The molecule has 0 fully saturated rings. The second kappa shape index (κ2) is 5.26. The number of aryl methyl sites for hydroxylation is 1. The summed E-state index contributed by atoms with van der Waals surface area (Å²) < 4.78 is 48.9. The predicted octanol–water partition coefficient (Wildman–Crippen LogP) is 3.75. The topological polar surface area (TPSA) is 12.0 Å². The average Bonchev–Trinajstić information content (AvgIpc) is 2.65. The van der Waals surface area contributed by atoms with Crippen LogP contribution in [0.3, 0.4) is 0 Å². The number of nitrogens with one attached hydrogen (secondary N) is 1. The van der Waals surface area contributed by atoms with Crippen molar-refractivity contribution in [3.63, 3.8) is 0 Å². The van der Waals surface area contributed by atoms with Gasteiger partial charge in [-0.25, -0.2) is 4.39 Å². The minimum absolute atomic E-state index is 0.0637. The van der Waals surface area contributed by atoms with E-state index in [0.717, 1.165) is 24.0 Å². The SMILES string of the molecule is Fc1ccc2c(c1)CCC2NCCCC(F)(F)F. The number of alkyl halides is 3. The molecule has 1 unspecified atom stereocenters. The molecular weight excluding hydrogens is 246 g/mol. The lowest BCUT2D eigenvalue weighted by molar-refractivity contribution is -0.135. The average molecular weight is 261 g/mol. The zero-order valence-electron chi connectivity index (χ0n) is 9.86. The van der Waals surface area contributed by atoms with Crippen LogP contribution in [0.1, 0.15) is 36.4 Å². The third-order valence-electron chi connectivity index (χ3n) is 3.21. The van der Waals surface area contributed by atoms with E-state index in [1.165, 1.54) is 12.1 Å². The molecule has 0 aromatic heterocycles. The molecular formula is C13H15F4N. The van der Waals surface area contributed by atoms with E-state index in [1.807, 2.05) is 0 Å². The van der Waals surface area contributed by atoms with E-state index in [4.69, 9.17) is 0 Å². The lowest BCUT2D eigenvalue weighted by Crippen LogP contribution is -2.22. The van der Waals surface area contributed by atoms with Crippen LogP contribution >= 0.6 is 0 Å². The van der Waals surface area contributed by atoms with Gasteiger partial charge in [-0.15, -0.1) is 0 Å². The summed E-state index contributed by atoms with van der Waals surface area (Å²) in [7, 11) is 0. The molecule has 0 spiro atoms. The van der Waals surface area contributed by atoms with Crippen molar-refractivity contribution in [3.05, 3.63) is 35.1 Å². The highest BCUT2D eigenvalue weighted by molar-refractivity contribution is 5.34. The first kappa shape index (κ1) is 13.3. The van der Waals surface area contributed by atoms with E-state index in [2.05, 4.69) is 5.32 Å². The number of fused-ring (bicyclic) bond motifs is 1. The first-order chi connectivity index (χ1) is 8.46. The van der Waals surface area contributed by atoms with Crippen molar-refractivity contribution in [3.8, 4) is 0 Å². The predicted molar refractivity (Wildman–Crippen MR) is 60.8 cm³/mol. The maximum atomic E-state index is 13.0. The molecule has 0 saturated heterocycles. The highest BCUT2D eigenvalue weighted by Crippen LogP contribution is 2.31. The van der Waals surface area contributed by atoms with Crippen molar-refractivity contribution in [1.29, 1.82) is 0 Å². The molecule has 5 heteroatoms. The van der Waals surface area contributed by atoms with E-state index in [-0.39, 0.29) is 18.3 Å². The van der Waals surface area contributed by atoms with Crippen LogP contribution in [0.4, 0.5) is 17.6 Å². The summed E-state index contributed by atoms with van der Waals surface area (Å²) in [6.07, 6.45) is -3.16. The van der Waals surface area contributed by atoms with Crippen LogP contribution in [-0.2, 0) is 6.42 Å². The molecule has 0 bridgehead atoms. The summed E-state index contributed by atoms with van der Waals surface area (Å²) in [6, 6.07) is 4.69. The first-order valence-corrected chi connectivity index (χ1v) is 6.04. The molecule has 0 saturated carbocycles. The third-order valence-corrected chi connectivity index (χ3v) is 3.21. The van der Waals surface area contributed by atoms with Crippen molar-refractivity contribution in [2.45, 2.75) is 37.9 Å². The molecule has 0 aliphatic heterocycles. The maximum Gasteiger partial charge on any atom is 0.389 e. The van der Waals surface area contributed by atoms with Gasteiger partial charge < -0.3 is 5.32 Å². The van der Waals surface area contributed by atoms with Gasteiger partial charge in [-0.2, -0.15) is 13.2 Å². The van der Waals surface area contributed by atoms with Crippen LogP contribution < -0.4 is 5.32 Å². The summed E-state index contributed by atoms with van der Waals surface area (Å²) >= 11 is 0. The molecule has 1 aromatic rings. The summed E-state index contributed by atoms with van der Waals surface area (Å²) in [5, 5.41) is 3.11. The molecule has 100 valence electrons. The van der Waals surface area contributed by atoms with Crippen molar-refractivity contribution < 1.29 is 17.6 Å². The van der Waals surface area contributed by atoms with Crippen molar-refractivity contribution in [1.82, 2.24) is 5.32 Å². The van der Waals surface area contributed by atoms with Gasteiger partial charge in [0.2, 0.25) is 0 Å². The quantitative estimate of drug-likeness (QED) is 0.643. The molecule has 1 atom stereocenters. The lowest BCUT2D eigenvalue weighted by atomic mass is 10.1. The molecule has 18 heavy (non-hydrogen) atoms. The highest BCUT2D eigenvalue weighted by Gasteiger charge is 2.27. The minimum Gasteiger partial charge on any atom is -0.310 e. The smallest absolute Gasteiger partial charge is 0.310 e. The summed E-state index contributed by atoms with van der Waals surface area (Å²) in [6.45, 7) is 0.334. The summed E-state index contributed by atoms with van der Waals surface area (Å²) in [5.74, 6) is -0.258. The Kier molecular flexibility index (Phi) is 3.90. The van der Waals surface area contributed by atoms with Crippen molar-refractivity contribution in [2.24, 2.45) is 0 Å². The van der Waals surface area contributed by atoms with Crippen molar-refractivity contribution in [2.75, 3.05) is 6.54 Å². The van der Waals surface area contributed by atoms with E-state index in [9.17, 15) is 17.6 Å². The Morgan fingerprint density at radius 3 is 2.78 bits per heavy atom. The second-order valence-electron chi connectivity index (χ2n) is 4.61. The van der Waals surface area contributed by atoms with Gasteiger partial charge in [-0.05, 0) is 49.1 Å². The Hall–Kier alpha value is -1.10. The van der Waals surface area contributed by atoms with Gasteiger partial charge in [0, 0.05) is 12.5 Å². The normalized spacial score (nSPS) is 19.0. The van der Waals surface area contributed by atoms with Crippen LogP contribution in [-0.4, -0.2) is 12.7 Å². The monoisotopic (exact) mass is 261 g/mol. The van der Waals surface area contributed by atoms with Gasteiger partial charge in [0.05, 0.1) is 0 Å². The molecule has 1 aliphatic carbocycles. The second-order valence-corrected chi connectivity index (χ2v) is 4.61. The highest BCUT2D eigenvalue weighted by atomic mass is 19.4. The molecule has 1 nitrogen and oxygen atoms in total. The van der Waals surface area contributed by atoms with Gasteiger partial charge in [0.1, 0.15) is 5.82 Å². The van der Waals surface area contributed by atoms with E-state index in [1.54, 1.807) is 6.07 Å². The van der Waals surface area contributed by atoms with Crippen LogP contribution in [0.25, 0.3) is 0 Å². The minimum atomic E-state index is -4.08. The van der Waals surface area contributed by atoms with E-state index >= 15 is 0 Å². The van der Waals surface area contributed by atoms with Gasteiger partial charge in [0.25, 0.3) is 0 Å². The zero-order chi connectivity index (χ0) is 13.2. The van der Waals surface area contributed by atoms with Crippen LogP contribution in [0.5, 0.6) is 0 Å². The number of rotatable bonds is 4. The maximum absolute atomic E-state index is 13.0. The van der Waals surface area contributed by atoms with E-state index < -0.39 is 12.6 Å². The Morgan fingerprint density at radius 2 is 2.06 bits per heavy atom. The number of hydrogen-bond donors (Lipinski definition) is 1. The van der Waals surface area contributed by atoms with Crippen LogP contribution in [0.15, 0.2) is 18.2 Å². The van der Waals surface area contributed by atoms with Gasteiger partial charge in [0.15, 0.2) is 0 Å². The molecule has 0 heterocycles. The molecule has 0 radical (unpaired) electrons. The van der Waals surface area contributed by atoms with Crippen LogP contribution in [0, 0.1) is 5.82 Å². The number of hydrogen-bond acceptors (Lipinski definition) is 1. The Morgan fingerprint density at radius 1 is 1.28 bits per heavy atom. The fraction of sp³-hybridized carbons (Fsp3) is 0.538. The molecule has 2 rings (SSSR count). The fourth-order valence-corrected chi connectivity index (χ4v) is 2.36.